The van der Waals surface area contributed by atoms with E-state index in [1.54, 1.807) is 0 Å². The van der Waals surface area contributed by atoms with Crippen LogP contribution in [0.3, 0.4) is 0 Å². The molecule has 3 N–H and O–H groups in total. The highest BCUT2D eigenvalue weighted by Crippen LogP contribution is 2.18. The van der Waals surface area contributed by atoms with Crippen molar-refractivity contribution in [2.75, 3.05) is 6.54 Å². The van der Waals surface area contributed by atoms with E-state index in [1.807, 2.05) is 17.5 Å². The van der Waals surface area contributed by atoms with Crippen LogP contribution in [-0.2, 0) is 11.3 Å². The van der Waals surface area contributed by atoms with Crippen LogP contribution >= 0.6 is 11.3 Å². The maximum absolute atomic E-state index is 11.8. The number of amides is 2. The summed E-state index contributed by atoms with van der Waals surface area (Å²) in [4.78, 5) is 25.0. The molecule has 2 amide bonds. The van der Waals surface area contributed by atoms with Gasteiger partial charge in [0.2, 0.25) is 0 Å². The van der Waals surface area contributed by atoms with Crippen molar-refractivity contribution in [3.05, 3.63) is 22.4 Å². The zero-order valence-electron chi connectivity index (χ0n) is 9.57. The number of aliphatic hydroxyl groups is 1. The number of thiophene rings is 1. The van der Waals surface area contributed by atoms with Crippen molar-refractivity contribution < 1.29 is 19.8 Å². The summed E-state index contributed by atoms with van der Waals surface area (Å²) in [5.41, 5.74) is 0. The Kier molecular flexibility index (Phi) is 3.83. The van der Waals surface area contributed by atoms with Crippen LogP contribution in [0, 0.1) is 0 Å². The number of carboxylic acid groups (broad SMARTS) is 1. The van der Waals surface area contributed by atoms with E-state index in [0.29, 0.717) is 6.54 Å². The minimum Gasteiger partial charge on any atom is -0.480 e. The van der Waals surface area contributed by atoms with Gasteiger partial charge in [-0.1, -0.05) is 6.07 Å². The molecule has 1 aliphatic rings. The van der Waals surface area contributed by atoms with E-state index in [4.69, 9.17) is 5.11 Å². The Morgan fingerprint density at radius 1 is 1.56 bits per heavy atom. The summed E-state index contributed by atoms with van der Waals surface area (Å²) < 4.78 is 0. The molecule has 0 radical (unpaired) electrons. The highest BCUT2D eigenvalue weighted by molar-refractivity contribution is 7.09. The van der Waals surface area contributed by atoms with Gasteiger partial charge in [0.1, 0.15) is 6.04 Å². The van der Waals surface area contributed by atoms with Gasteiger partial charge in [-0.2, -0.15) is 0 Å². The second-order valence-corrected chi connectivity index (χ2v) is 5.17. The summed E-state index contributed by atoms with van der Waals surface area (Å²) in [7, 11) is 0. The van der Waals surface area contributed by atoms with Crippen molar-refractivity contribution in [1.82, 2.24) is 10.2 Å². The second-order valence-electron chi connectivity index (χ2n) is 4.13. The smallest absolute Gasteiger partial charge is 0.326 e. The van der Waals surface area contributed by atoms with E-state index < -0.39 is 24.1 Å². The van der Waals surface area contributed by atoms with E-state index in [1.165, 1.54) is 16.2 Å². The van der Waals surface area contributed by atoms with Gasteiger partial charge < -0.3 is 20.4 Å². The van der Waals surface area contributed by atoms with Gasteiger partial charge in [-0.05, 0) is 11.4 Å². The van der Waals surface area contributed by atoms with Crippen LogP contribution in [0.1, 0.15) is 11.3 Å². The molecule has 1 fully saturated rings. The molecule has 2 rings (SSSR count). The average molecular weight is 270 g/mol. The molecule has 1 saturated heterocycles. The third-order valence-electron chi connectivity index (χ3n) is 2.82. The van der Waals surface area contributed by atoms with E-state index in [2.05, 4.69) is 5.32 Å². The fourth-order valence-electron chi connectivity index (χ4n) is 1.95. The Morgan fingerprint density at radius 3 is 2.94 bits per heavy atom. The SMILES string of the molecule is O=C(O)[C@@H]1CC(O)CN1C(=O)NCc1cccs1. The molecule has 1 aromatic heterocycles. The molecule has 0 spiro atoms. The van der Waals surface area contributed by atoms with Crippen LogP contribution in [-0.4, -0.2) is 45.8 Å². The van der Waals surface area contributed by atoms with Gasteiger partial charge in [-0.3, -0.25) is 0 Å². The van der Waals surface area contributed by atoms with Gasteiger partial charge in [-0.15, -0.1) is 11.3 Å². The highest BCUT2D eigenvalue weighted by Gasteiger charge is 2.38. The number of carboxylic acids is 1. The number of likely N-dealkylation sites (tertiary alicyclic amines) is 1. The zero-order valence-corrected chi connectivity index (χ0v) is 10.4. The van der Waals surface area contributed by atoms with Crippen LogP contribution in [0.4, 0.5) is 4.79 Å². The standard InChI is InChI=1S/C11H14N2O4S/c14-7-4-9(10(15)16)13(6-7)11(17)12-5-8-2-1-3-18-8/h1-3,7,9,14H,4-6H2,(H,12,17)(H,15,16)/t7?,9-/m0/s1. The summed E-state index contributed by atoms with van der Waals surface area (Å²) >= 11 is 1.52. The molecular weight excluding hydrogens is 256 g/mol. The molecule has 0 aliphatic carbocycles. The van der Waals surface area contributed by atoms with E-state index in [0.717, 1.165) is 4.88 Å². The number of carbonyl (C=O) groups excluding carboxylic acids is 1. The predicted molar refractivity (Wildman–Crippen MR) is 65.3 cm³/mol. The largest absolute Gasteiger partial charge is 0.480 e. The number of aliphatic hydroxyl groups excluding tert-OH is 1. The number of carbonyl (C=O) groups is 2. The van der Waals surface area contributed by atoms with Gasteiger partial charge in [0, 0.05) is 17.8 Å². The minimum absolute atomic E-state index is 0.0627. The Balaban J connectivity index is 1.93. The quantitative estimate of drug-likeness (QED) is 0.745. The fourth-order valence-corrected chi connectivity index (χ4v) is 2.59. The molecule has 1 unspecified atom stereocenters. The number of nitrogens with one attached hydrogen (secondary N) is 1. The third kappa shape index (κ3) is 2.80. The Bertz CT molecular complexity index is 434. The lowest BCUT2D eigenvalue weighted by molar-refractivity contribution is -0.141. The molecule has 0 aromatic carbocycles. The molecule has 0 saturated carbocycles. The number of urea groups is 1. The number of β-amino-alcohol motifs (C(OH)–C–C–N with tert-alkyl or cyclic N) is 1. The summed E-state index contributed by atoms with van der Waals surface area (Å²) in [5.74, 6) is -1.09. The maximum atomic E-state index is 11.8. The van der Waals surface area contributed by atoms with Crippen molar-refractivity contribution in [2.24, 2.45) is 0 Å². The Labute approximate surface area is 108 Å². The van der Waals surface area contributed by atoms with Crippen molar-refractivity contribution in [1.29, 1.82) is 0 Å². The molecule has 2 atom stereocenters. The fraction of sp³-hybridized carbons (Fsp3) is 0.455. The minimum atomic E-state index is -1.09. The van der Waals surface area contributed by atoms with Crippen LogP contribution in [0.2, 0.25) is 0 Å². The first-order valence-electron chi connectivity index (χ1n) is 5.55. The average Bonchev–Trinajstić information content (AvgIpc) is 2.94. The van der Waals surface area contributed by atoms with Gasteiger partial charge in [0.15, 0.2) is 0 Å². The maximum Gasteiger partial charge on any atom is 0.326 e. The molecule has 2 heterocycles. The lowest BCUT2D eigenvalue weighted by atomic mass is 10.2. The molecule has 6 nitrogen and oxygen atoms in total. The van der Waals surface area contributed by atoms with Crippen molar-refractivity contribution in [3.8, 4) is 0 Å². The van der Waals surface area contributed by atoms with Crippen molar-refractivity contribution in [2.45, 2.75) is 25.1 Å². The van der Waals surface area contributed by atoms with Gasteiger partial charge >= 0.3 is 12.0 Å². The van der Waals surface area contributed by atoms with Crippen LogP contribution < -0.4 is 5.32 Å². The first-order chi connectivity index (χ1) is 8.58. The first-order valence-corrected chi connectivity index (χ1v) is 6.43. The molecule has 0 bridgehead atoms. The Morgan fingerprint density at radius 2 is 2.33 bits per heavy atom. The van der Waals surface area contributed by atoms with Gasteiger partial charge in [-0.25, -0.2) is 9.59 Å². The van der Waals surface area contributed by atoms with E-state index in [9.17, 15) is 14.7 Å². The van der Waals surface area contributed by atoms with Gasteiger partial charge in [0.25, 0.3) is 0 Å². The Hall–Kier alpha value is -1.60. The van der Waals surface area contributed by atoms with Gasteiger partial charge in [0.05, 0.1) is 12.6 Å². The lowest BCUT2D eigenvalue weighted by Crippen LogP contribution is -2.45. The third-order valence-corrected chi connectivity index (χ3v) is 3.70. The highest BCUT2D eigenvalue weighted by atomic mass is 32.1. The monoisotopic (exact) mass is 270 g/mol. The van der Waals surface area contributed by atoms with Crippen LogP contribution in [0.25, 0.3) is 0 Å². The molecule has 1 aromatic rings. The summed E-state index contributed by atoms with van der Waals surface area (Å²) in [6.45, 7) is 0.433. The number of aliphatic carboxylic acids is 1. The van der Waals surface area contributed by atoms with Crippen LogP contribution in [0.5, 0.6) is 0 Å². The van der Waals surface area contributed by atoms with E-state index in [-0.39, 0.29) is 13.0 Å². The van der Waals surface area contributed by atoms with Crippen LogP contribution in [0.15, 0.2) is 17.5 Å². The first kappa shape index (κ1) is 12.8. The number of hydrogen-bond donors (Lipinski definition) is 3. The number of nitrogens with zero attached hydrogens (tertiary/aromatic N) is 1. The number of rotatable bonds is 3. The second kappa shape index (κ2) is 5.36. The normalized spacial score (nSPS) is 23.1. The molecule has 1 aliphatic heterocycles. The zero-order chi connectivity index (χ0) is 13.1. The van der Waals surface area contributed by atoms with E-state index >= 15 is 0 Å². The molecule has 98 valence electrons. The summed E-state index contributed by atoms with van der Waals surface area (Å²) in [6.07, 6.45) is -0.680. The topological polar surface area (TPSA) is 89.9 Å². The number of hydrogen-bond acceptors (Lipinski definition) is 4. The predicted octanol–water partition coefficient (Wildman–Crippen LogP) is 0.478. The summed E-state index contributed by atoms with van der Waals surface area (Å²) in [5, 5.41) is 23.0. The molecular formula is C11H14N2O4S. The molecule has 7 heteroatoms. The van der Waals surface area contributed by atoms with Crippen molar-refractivity contribution in [3.63, 3.8) is 0 Å². The molecule has 18 heavy (non-hydrogen) atoms. The lowest BCUT2D eigenvalue weighted by Gasteiger charge is -2.21. The van der Waals surface area contributed by atoms with Crippen molar-refractivity contribution >= 4 is 23.3 Å². The summed E-state index contributed by atoms with van der Waals surface area (Å²) in [6, 6.07) is 2.38.